The lowest BCUT2D eigenvalue weighted by atomic mass is 9.91. The summed E-state index contributed by atoms with van der Waals surface area (Å²) < 4.78 is 30.9. The predicted octanol–water partition coefficient (Wildman–Crippen LogP) is 2.01. The molecule has 0 spiro atoms. The van der Waals surface area contributed by atoms with Crippen molar-refractivity contribution in [1.29, 1.82) is 0 Å². The van der Waals surface area contributed by atoms with Crippen LogP contribution in [-0.4, -0.2) is 60.8 Å². The van der Waals surface area contributed by atoms with Crippen LogP contribution in [0.4, 0.5) is 19.3 Å². The molecule has 1 unspecified atom stereocenters. The molecule has 1 saturated carbocycles. The molecular weight excluding hydrogens is 490 g/mol. The molecular formula is C22H25ClF2N4O6. The second-order valence-corrected chi connectivity index (χ2v) is 9.09. The standard InChI is InChI=1S/C22H25ClF2N4O6/c1-10-5-11(18(31)27-10)6-16(17(30)20(33)26-2)28-19(32)14-7-12(23)3-4-15(14)29-21(34)35-13-8-22(24,25)9-13/h3-4,7,10-11,13,16H,5-6,8-9H2,1-2H3,(H,26,33)(H,27,31)(H,28,32)(H,29,34)/t10-,11+,16?/m1/s1. The van der Waals surface area contributed by atoms with E-state index in [4.69, 9.17) is 16.3 Å². The monoisotopic (exact) mass is 514 g/mol. The summed E-state index contributed by atoms with van der Waals surface area (Å²) in [5.41, 5.74) is -0.214. The minimum Gasteiger partial charge on any atom is -0.446 e. The molecule has 3 atom stereocenters. The molecule has 0 aromatic heterocycles. The Balaban J connectivity index is 1.75. The van der Waals surface area contributed by atoms with Gasteiger partial charge in [-0.2, -0.15) is 0 Å². The minimum atomic E-state index is -2.88. The highest BCUT2D eigenvalue weighted by atomic mass is 35.5. The SMILES string of the molecule is CNC(=O)C(=O)C(C[C@@H]1C[C@@H](C)NC1=O)NC(=O)c1cc(Cl)ccc1NC(=O)OC1CC(F)(F)C1. The number of halogens is 3. The summed E-state index contributed by atoms with van der Waals surface area (Å²) in [6.07, 6.45) is -2.88. The van der Waals surface area contributed by atoms with Crippen molar-refractivity contribution in [2.75, 3.05) is 12.4 Å². The number of carbonyl (C=O) groups excluding carboxylic acids is 5. The maximum atomic E-state index is 13.1. The van der Waals surface area contributed by atoms with E-state index in [0.29, 0.717) is 6.42 Å². The summed E-state index contributed by atoms with van der Waals surface area (Å²) >= 11 is 6.00. The van der Waals surface area contributed by atoms with Gasteiger partial charge < -0.3 is 20.7 Å². The maximum Gasteiger partial charge on any atom is 0.411 e. The molecule has 4 amide bonds. The number of rotatable bonds is 8. The Bertz CT molecular complexity index is 1040. The number of alkyl halides is 2. The lowest BCUT2D eigenvalue weighted by Crippen LogP contribution is -2.48. The summed E-state index contributed by atoms with van der Waals surface area (Å²) in [5.74, 6) is -6.53. The van der Waals surface area contributed by atoms with Crippen LogP contribution in [0.25, 0.3) is 0 Å². The van der Waals surface area contributed by atoms with Crippen LogP contribution in [0.2, 0.25) is 5.02 Å². The van der Waals surface area contributed by atoms with Crippen LogP contribution in [0, 0.1) is 5.92 Å². The molecule has 1 heterocycles. The van der Waals surface area contributed by atoms with Crippen LogP contribution >= 0.6 is 11.6 Å². The molecule has 1 aromatic carbocycles. The van der Waals surface area contributed by atoms with Gasteiger partial charge in [-0.1, -0.05) is 11.6 Å². The lowest BCUT2D eigenvalue weighted by molar-refractivity contribution is -0.143. The van der Waals surface area contributed by atoms with Crippen molar-refractivity contribution in [1.82, 2.24) is 16.0 Å². The normalized spacial score (nSPS) is 21.8. The molecule has 0 radical (unpaired) electrons. The highest BCUT2D eigenvalue weighted by molar-refractivity contribution is 6.38. The molecule has 10 nitrogen and oxygen atoms in total. The summed E-state index contributed by atoms with van der Waals surface area (Å²) in [4.78, 5) is 62.0. The number of hydrogen-bond acceptors (Lipinski definition) is 6. The van der Waals surface area contributed by atoms with Gasteiger partial charge in [-0.15, -0.1) is 0 Å². The first-order valence-corrected chi connectivity index (χ1v) is 11.3. The average Bonchev–Trinajstić information content (AvgIpc) is 3.08. The van der Waals surface area contributed by atoms with Crippen LogP contribution < -0.4 is 21.3 Å². The van der Waals surface area contributed by atoms with E-state index in [1.807, 2.05) is 0 Å². The Hall–Kier alpha value is -3.28. The first kappa shape index (κ1) is 26.3. The third-order valence-corrected chi connectivity index (χ3v) is 6.01. The molecule has 1 aliphatic heterocycles. The number of carbonyl (C=O) groups is 5. The van der Waals surface area contributed by atoms with Crippen LogP contribution in [0.15, 0.2) is 18.2 Å². The molecule has 2 aliphatic rings. The fraction of sp³-hybridized carbons (Fsp3) is 0.500. The zero-order valence-corrected chi connectivity index (χ0v) is 19.7. The molecule has 1 saturated heterocycles. The van der Waals surface area contributed by atoms with Crippen LogP contribution in [0.5, 0.6) is 0 Å². The highest BCUT2D eigenvalue weighted by Gasteiger charge is 2.47. The zero-order valence-electron chi connectivity index (χ0n) is 19.0. The number of nitrogens with one attached hydrogen (secondary N) is 4. The molecule has 35 heavy (non-hydrogen) atoms. The van der Waals surface area contributed by atoms with E-state index in [9.17, 15) is 32.8 Å². The van der Waals surface area contributed by atoms with E-state index in [1.165, 1.54) is 25.2 Å². The molecule has 1 aromatic rings. The Morgan fingerprint density at radius 1 is 1.26 bits per heavy atom. The summed E-state index contributed by atoms with van der Waals surface area (Å²) in [7, 11) is 1.26. The van der Waals surface area contributed by atoms with Gasteiger partial charge >= 0.3 is 6.09 Å². The van der Waals surface area contributed by atoms with Gasteiger partial charge in [0.1, 0.15) is 6.10 Å². The van der Waals surface area contributed by atoms with E-state index in [1.54, 1.807) is 6.92 Å². The predicted molar refractivity (Wildman–Crippen MR) is 120 cm³/mol. The molecule has 13 heteroatoms. The summed E-state index contributed by atoms with van der Waals surface area (Å²) in [5, 5.41) is 9.80. The van der Waals surface area contributed by atoms with Gasteiger partial charge in [-0.3, -0.25) is 24.5 Å². The van der Waals surface area contributed by atoms with E-state index in [-0.39, 0.29) is 34.6 Å². The number of amides is 4. The molecule has 3 rings (SSSR count). The third-order valence-electron chi connectivity index (χ3n) is 5.78. The molecule has 4 N–H and O–H groups in total. The third kappa shape index (κ3) is 6.65. The summed E-state index contributed by atoms with van der Waals surface area (Å²) in [6.45, 7) is 1.79. The van der Waals surface area contributed by atoms with Gasteiger partial charge in [-0.05, 0) is 38.0 Å². The van der Waals surface area contributed by atoms with Gasteiger partial charge in [0, 0.05) is 36.9 Å². The number of ether oxygens (including phenoxy) is 1. The fourth-order valence-electron chi connectivity index (χ4n) is 3.98. The van der Waals surface area contributed by atoms with E-state index < -0.39 is 60.5 Å². The Labute approximate surface area is 204 Å². The smallest absolute Gasteiger partial charge is 0.411 e. The van der Waals surface area contributed by atoms with Gasteiger partial charge in [0.25, 0.3) is 17.7 Å². The Kier molecular flexibility index (Phi) is 7.93. The topological polar surface area (TPSA) is 143 Å². The van der Waals surface area contributed by atoms with Crippen molar-refractivity contribution in [2.24, 2.45) is 5.92 Å². The number of ketones is 1. The quantitative estimate of drug-likeness (QED) is 0.391. The van der Waals surface area contributed by atoms with Crippen LogP contribution in [0.1, 0.15) is 43.0 Å². The number of anilines is 1. The first-order valence-electron chi connectivity index (χ1n) is 10.9. The second-order valence-electron chi connectivity index (χ2n) is 8.65. The van der Waals surface area contributed by atoms with Crippen molar-refractivity contribution < 1.29 is 37.5 Å². The van der Waals surface area contributed by atoms with E-state index >= 15 is 0 Å². The largest absolute Gasteiger partial charge is 0.446 e. The second kappa shape index (κ2) is 10.5. The van der Waals surface area contributed by atoms with E-state index in [2.05, 4.69) is 21.3 Å². The van der Waals surface area contributed by atoms with Crippen molar-refractivity contribution >= 4 is 46.9 Å². The lowest BCUT2D eigenvalue weighted by Gasteiger charge is -2.33. The van der Waals surface area contributed by atoms with Crippen molar-refractivity contribution in [3.05, 3.63) is 28.8 Å². The Morgan fingerprint density at radius 3 is 2.51 bits per heavy atom. The van der Waals surface area contributed by atoms with Gasteiger partial charge in [0.05, 0.1) is 17.3 Å². The van der Waals surface area contributed by atoms with Crippen LogP contribution in [-0.2, 0) is 19.1 Å². The minimum absolute atomic E-state index is 0.0543. The molecule has 0 bridgehead atoms. The molecule has 2 fully saturated rings. The van der Waals surface area contributed by atoms with Gasteiger partial charge in [-0.25, -0.2) is 13.6 Å². The number of hydrogen-bond donors (Lipinski definition) is 4. The first-order chi connectivity index (χ1) is 16.4. The molecule has 1 aliphatic carbocycles. The van der Waals surface area contributed by atoms with Gasteiger partial charge in [0.2, 0.25) is 11.7 Å². The van der Waals surface area contributed by atoms with E-state index in [0.717, 1.165) is 0 Å². The number of Topliss-reactive ketones (excluding diaryl/α,β-unsaturated/α-hetero) is 1. The van der Waals surface area contributed by atoms with Crippen molar-refractivity contribution in [3.63, 3.8) is 0 Å². The van der Waals surface area contributed by atoms with Gasteiger partial charge in [0.15, 0.2) is 0 Å². The summed E-state index contributed by atoms with van der Waals surface area (Å²) in [6, 6.07) is 2.44. The fourth-order valence-corrected chi connectivity index (χ4v) is 4.16. The number of likely N-dealkylation sites (N-methyl/N-ethyl adjacent to an activating group) is 1. The Morgan fingerprint density at radius 2 is 1.94 bits per heavy atom. The van der Waals surface area contributed by atoms with Crippen molar-refractivity contribution in [3.8, 4) is 0 Å². The number of benzene rings is 1. The van der Waals surface area contributed by atoms with Crippen molar-refractivity contribution in [2.45, 2.75) is 56.7 Å². The van der Waals surface area contributed by atoms with Crippen LogP contribution in [0.3, 0.4) is 0 Å². The maximum absolute atomic E-state index is 13.1. The highest BCUT2D eigenvalue weighted by Crippen LogP contribution is 2.39. The average molecular weight is 515 g/mol. The zero-order chi connectivity index (χ0) is 25.9. The molecule has 190 valence electrons.